The van der Waals surface area contributed by atoms with Crippen molar-refractivity contribution in [3.63, 3.8) is 0 Å². The quantitative estimate of drug-likeness (QED) is 0.516. The van der Waals surface area contributed by atoms with Crippen LogP contribution in [0.25, 0.3) is 0 Å². The van der Waals surface area contributed by atoms with Gasteiger partial charge in [-0.2, -0.15) is 13.2 Å². The van der Waals surface area contributed by atoms with Crippen molar-refractivity contribution in [3.05, 3.63) is 65.2 Å². The second-order valence-corrected chi connectivity index (χ2v) is 11.3. The molecule has 0 radical (unpaired) electrons. The maximum Gasteiger partial charge on any atom is 0.416 e. The SMILES string of the molecule is Cc1ccccc1CN(C(=O)CN(c1cccc(C(F)(F)F)c1)S(C)(=O)=O)[C@H](C)C(=O)NC1CCCC1. The van der Waals surface area contributed by atoms with Crippen molar-refractivity contribution in [3.8, 4) is 0 Å². The fourth-order valence-corrected chi connectivity index (χ4v) is 5.24. The van der Waals surface area contributed by atoms with Crippen LogP contribution in [0, 0.1) is 6.92 Å². The van der Waals surface area contributed by atoms with Crippen LogP contribution in [0.1, 0.15) is 49.3 Å². The molecule has 0 aromatic heterocycles. The zero-order valence-electron chi connectivity index (χ0n) is 21.1. The molecule has 1 atom stereocenters. The molecule has 2 amide bonds. The lowest BCUT2D eigenvalue weighted by Crippen LogP contribution is -2.52. The normalized spacial score (nSPS) is 15.3. The van der Waals surface area contributed by atoms with Crippen LogP contribution in [0.5, 0.6) is 0 Å². The molecule has 0 unspecified atom stereocenters. The Labute approximate surface area is 215 Å². The molecule has 0 heterocycles. The van der Waals surface area contributed by atoms with E-state index in [2.05, 4.69) is 5.32 Å². The molecule has 2 aromatic rings. The fraction of sp³-hybridized carbons (Fsp3) is 0.462. The highest BCUT2D eigenvalue weighted by Crippen LogP contribution is 2.32. The summed E-state index contributed by atoms with van der Waals surface area (Å²) in [6.07, 6.45) is -0.157. The topological polar surface area (TPSA) is 86.8 Å². The van der Waals surface area contributed by atoms with Gasteiger partial charge in [-0.05, 0) is 56.0 Å². The lowest BCUT2D eigenvalue weighted by Gasteiger charge is -2.32. The third-order valence-corrected chi connectivity index (χ3v) is 7.75. The van der Waals surface area contributed by atoms with Crippen molar-refractivity contribution in [1.29, 1.82) is 0 Å². The Bertz CT molecular complexity index is 1230. The molecule has 1 saturated carbocycles. The first-order chi connectivity index (χ1) is 17.3. The number of halogens is 3. The smallest absolute Gasteiger partial charge is 0.352 e. The fourth-order valence-electron chi connectivity index (χ4n) is 4.40. The largest absolute Gasteiger partial charge is 0.416 e. The van der Waals surface area contributed by atoms with Crippen molar-refractivity contribution in [2.24, 2.45) is 0 Å². The van der Waals surface area contributed by atoms with Gasteiger partial charge in [0, 0.05) is 12.6 Å². The second-order valence-electron chi connectivity index (χ2n) is 9.43. The summed E-state index contributed by atoms with van der Waals surface area (Å²) in [5.74, 6) is -1.07. The molecule has 3 rings (SSSR count). The summed E-state index contributed by atoms with van der Waals surface area (Å²) < 4.78 is 65.6. The van der Waals surface area contributed by atoms with Crippen LogP contribution in [-0.4, -0.2) is 50.0 Å². The predicted octanol–water partition coefficient (Wildman–Crippen LogP) is 4.26. The molecule has 11 heteroatoms. The summed E-state index contributed by atoms with van der Waals surface area (Å²) in [4.78, 5) is 27.9. The highest BCUT2D eigenvalue weighted by molar-refractivity contribution is 7.92. The highest BCUT2D eigenvalue weighted by Gasteiger charge is 2.34. The van der Waals surface area contributed by atoms with Gasteiger partial charge in [-0.3, -0.25) is 13.9 Å². The number of hydrogen-bond donors (Lipinski definition) is 1. The summed E-state index contributed by atoms with van der Waals surface area (Å²) in [7, 11) is -4.14. The van der Waals surface area contributed by atoms with E-state index in [1.165, 1.54) is 11.0 Å². The number of nitrogens with zero attached hydrogens (tertiary/aromatic N) is 2. The summed E-state index contributed by atoms with van der Waals surface area (Å²) >= 11 is 0. The number of benzene rings is 2. The molecule has 1 aliphatic rings. The molecular weight excluding hydrogens is 507 g/mol. The summed E-state index contributed by atoms with van der Waals surface area (Å²) in [5.41, 5.74) is 0.319. The number of nitrogens with one attached hydrogen (secondary N) is 1. The number of aryl methyl sites for hydroxylation is 1. The van der Waals surface area contributed by atoms with E-state index in [4.69, 9.17) is 0 Å². The van der Waals surface area contributed by atoms with Crippen LogP contribution in [0.4, 0.5) is 18.9 Å². The van der Waals surface area contributed by atoms with Crippen molar-refractivity contribution in [1.82, 2.24) is 10.2 Å². The minimum absolute atomic E-state index is 0.0167. The zero-order chi connectivity index (χ0) is 27.4. The number of alkyl halides is 3. The summed E-state index contributed by atoms with van der Waals surface area (Å²) in [5, 5.41) is 2.96. The third kappa shape index (κ3) is 7.47. The van der Waals surface area contributed by atoms with Gasteiger partial charge in [0.25, 0.3) is 0 Å². The monoisotopic (exact) mass is 539 g/mol. The van der Waals surface area contributed by atoms with Gasteiger partial charge in [0.1, 0.15) is 12.6 Å². The number of amides is 2. The highest BCUT2D eigenvalue weighted by atomic mass is 32.2. The number of carbonyl (C=O) groups is 2. The molecule has 0 bridgehead atoms. The van der Waals surface area contributed by atoms with Gasteiger partial charge >= 0.3 is 6.18 Å². The van der Waals surface area contributed by atoms with Gasteiger partial charge in [0.15, 0.2) is 0 Å². The Hall–Kier alpha value is -3.08. The third-order valence-electron chi connectivity index (χ3n) is 6.61. The minimum atomic E-state index is -4.69. The molecule has 2 aromatic carbocycles. The average Bonchev–Trinajstić information content (AvgIpc) is 3.33. The van der Waals surface area contributed by atoms with Gasteiger partial charge in [0.2, 0.25) is 21.8 Å². The molecule has 37 heavy (non-hydrogen) atoms. The maximum atomic E-state index is 13.6. The van der Waals surface area contributed by atoms with E-state index in [1.54, 1.807) is 19.1 Å². The number of sulfonamides is 1. The van der Waals surface area contributed by atoms with Crippen LogP contribution >= 0.6 is 0 Å². The van der Waals surface area contributed by atoms with Crippen molar-refractivity contribution in [2.75, 3.05) is 17.1 Å². The van der Waals surface area contributed by atoms with E-state index < -0.39 is 40.3 Å². The van der Waals surface area contributed by atoms with E-state index in [1.807, 2.05) is 19.1 Å². The first-order valence-electron chi connectivity index (χ1n) is 12.1. The Balaban J connectivity index is 1.92. The van der Waals surface area contributed by atoms with E-state index in [9.17, 15) is 31.2 Å². The lowest BCUT2D eigenvalue weighted by atomic mass is 10.1. The van der Waals surface area contributed by atoms with E-state index in [0.29, 0.717) is 10.4 Å². The molecule has 0 saturated heterocycles. The Morgan fingerprint density at radius 2 is 1.73 bits per heavy atom. The molecule has 1 N–H and O–H groups in total. The van der Waals surface area contributed by atoms with E-state index in [-0.39, 0.29) is 24.2 Å². The molecule has 202 valence electrons. The van der Waals surface area contributed by atoms with Gasteiger partial charge in [0.05, 0.1) is 17.5 Å². The van der Waals surface area contributed by atoms with Crippen LogP contribution in [0.2, 0.25) is 0 Å². The molecule has 1 fully saturated rings. The Morgan fingerprint density at radius 1 is 1.08 bits per heavy atom. The van der Waals surface area contributed by atoms with E-state index in [0.717, 1.165) is 55.2 Å². The molecule has 1 aliphatic carbocycles. The zero-order valence-corrected chi connectivity index (χ0v) is 21.9. The summed E-state index contributed by atoms with van der Waals surface area (Å²) in [6, 6.07) is 10.2. The van der Waals surface area contributed by atoms with Gasteiger partial charge in [-0.15, -0.1) is 0 Å². The summed E-state index contributed by atoms with van der Waals surface area (Å²) in [6.45, 7) is 2.69. The first kappa shape index (κ1) is 28.5. The Kier molecular flexibility index (Phi) is 8.88. The average molecular weight is 540 g/mol. The number of rotatable bonds is 9. The first-order valence-corrected chi connectivity index (χ1v) is 13.9. The van der Waals surface area contributed by atoms with Crippen LogP contribution in [-0.2, 0) is 32.3 Å². The van der Waals surface area contributed by atoms with Crippen LogP contribution < -0.4 is 9.62 Å². The van der Waals surface area contributed by atoms with E-state index >= 15 is 0 Å². The second kappa shape index (κ2) is 11.5. The Morgan fingerprint density at radius 3 is 2.32 bits per heavy atom. The number of hydrogen-bond acceptors (Lipinski definition) is 4. The maximum absolute atomic E-state index is 13.6. The van der Waals surface area contributed by atoms with Crippen LogP contribution in [0.15, 0.2) is 48.5 Å². The van der Waals surface area contributed by atoms with Gasteiger partial charge in [-0.25, -0.2) is 8.42 Å². The molecule has 7 nitrogen and oxygen atoms in total. The lowest BCUT2D eigenvalue weighted by molar-refractivity contribution is -0.139. The number of anilines is 1. The molecular formula is C26H32F3N3O4S. The predicted molar refractivity (Wildman–Crippen MR) is 135 cm³/mol. The van der Waals surface area contributed by atoms with Gasteiger partial charge in [-0.1, -0.05) is 43.2 Å². The number of carbonyl (C=O) groups excluding carboxylic acids is 2. The van der Waals surface area contributed by atoms with Gasteiger partial charge < -0.3 is 10.2 Å². The molecule has 0 spiro atoms. The molecule has 0 aliphatic heterocycles. The van der Waals surface area contributed by atoms with Crippen LogP contribution in [0.3, 0.4) is 0 Å². The minimum Gasteiger partial charge on any atom is -0.352 e. The standard InChI is InChI=1S/C26H32F3N3O4S/c1-18-9-4-5-10-20(18)16-31(19(2)25(34)30-22-12-6-7-13-22)24(33)17-32(37(3,35)36)23-14-8-11-21(15-23)26(27,28)29/h4-5,8-11,14-15,19,22H,6-7,12-13,16-17H2,1-3H3,(H,30,34)/t19-/m1/s1. The van der Waals surface area contributed by atoms with Crippen molar-refractivity contribution >= 4 is 27.5 Å². The van der Waals surface area contributed by atoms with Crippen molar-refractivity contribution < 1.29 is 31.2 Å². The van der Waals surface area contributed by atoms with Crippen molar-refractivity contribution in [2.45, 2.75) is 64.3 Å².